The maximum atomic E-state index is 5.58. The second kappa shape index (κ2) is 54.1. The van der Waals surface area contributed by atoms with E-state index < -0.39 is 0 Å². The van der Waals surface area contributed by atoms with Gasteiger partial charge in [0.1, 0.15) is 0 Å². The summed E-state index contributed by atoms with van der Waals surface area (Å²) < 4.78 is 44.6. The van der Waals surface area contributed by atoms with Gasteiger partial charge in [0, 0.05) is 73.0 Å². The fourth-order valence-corrected chi connectivity index (χ4v) is 14.9. The predicted octanol–water partition coefficient (Wildman–Crippen LogP) is 7.95. The Bertz CT molecular complexity index is 462. The summed E-state index contributed by atoms with van der Waals surface area (Å²) in [6.45, 7) is 30.4. The SMILES string of the molecule is CCOCCP(CCOCC)CCP(CCOCC)CCOCC.CCOCCP(CCOCC)CCP(CCOCC)CCOCC.[99Tc].[O-2].[O-2]. The van der Waals surface area contributed by atoms with E-state index in [-0.39, 0.29) is 62.7 Å². The van der Waals surface area contributed by atoms with Crippen molar-refractivity contribution in [1.82, 2.24) is 0 Å². The first-order valence-corrected chi connectivity index (χ1v) is 26.7. The van der Waals surface area contributed by atoms with Gasteiger partial charge in [-0.2, -0.15) is 0 Å². The van der Waals surface area contributed by atoms with Crippen LogP contribution >= 0.6 is 31.7 Å². The normalized spacial score (nSPS) is 11.1. The van der Waals surface area contributed by atoms with Gasteiger partial charge >= 0.3 is 0 Å². The van der Waals surface area contributed by atoms with Gasteiger partial charge in [0.25, 0.3) is 0 Å². The van der Waals surface area contributed by atoms with Crippen LogP contribution < -0.4 is 0 Å². The molecule has 51 heavy (non-hydrogen) atoms. The van der Waals surface area contributed by atoms with E-state index in [1.165, 1.54) is 73.9 Å². The van der Waals surface area contributed by atoms with E-state index in [2.05, 4.69) is 55.4 Å². The molecule has 315 valence electrons. The standard InChI is InChI=1S/2C18H40O4P2.2O.Tc/c2*1-5-19-9-13-23(14-10-20-6-2)17-18-24(15-11-21-7-3)16-12-22-8-4;;;/h2*5-18H2,1-4H3;;;/q;;2*-2;/i;;;;1+1. The molecule has 0 N–H and O–H groups in total. The number of rotatable bonds is 38. The zero-order chi connectivity index (χ0) is 35.8. The van der Waals surface area contributed by atoms with Crippen LogP contribution in [0.25, 0.3) is 0 Å². The van der Waals surface area contributed by atoms with Crippen LogP contribution in [0.5, 0.6) is 0 Å². The van der Waals surface area contributed by atoms with Crippen LogP contribution in [0.15, 0.2) is 0 Å². The molecule has 0 atom stereocenters. The fraction of sp³-hybridized carbons (Fsp3) is 1.00. The van der Waals surface area contributed by atoms with Gasteiger partial charge in [-0.05, 0) is 129 Å². The molecular weight excluding hydrogens is 815 g/mol. The summed E-state index contributed by atoms with van der Waals surface area (Å²) in [5.74, 6) is 0. The molecule has 10 nitrogen and oxygen atoms in total. The van der Waals surface area contributed by atoms with Gasteiger partial charge in [-0.15, -0.1) is 31.7 Å². The molecule has 0 saturated carbocycles. The molecule has 0 rings (SSSR count). The Morgan fingerprint density at radius 3 is 0.451 bits per heavy atom. The predicted molar refractivity (Wildman–Crippen MR) is 219 cm³/mol. The summed E-state index contributed by atoms with van der Waals surface area (Å²) >= 11 is 0. The van der Waals surface area contributed by atoms with Crippen molar-refractivity contribution in [3.63, 3.8) is 0 Å². The molecule has 0 fully saturated rings. The minimum Gasteiger partial charge on any atom is -2.00 e. The Morgan fingerprint density at radius 1 is 0.235 bits per heavy atom. The van der Waals surface area contributed by atoms with Crippen LogP contribution in [0.1, 0.15) is 55.4 Å². The topological polar surface area (TPSA) is 131 Å². The second-order valence-electron chi connectivity index (χ2n) is 10.9. The zero-order valence-corrected chi connectivity index (χ0v) is 39.5. The third kappa shape index (κ3) is 48.0. The molecule has 0 aromatic rings. The molecule has 0 aromatic heterocycles. The summed E-state index contributed by atoms with van der Waals surface area (Å²) in [6.07, 6.45) is 15.1. The van der Waals surface area contributed by atoms with Crippen molar-refractivity contribution in [2.24, 2.45) is 0 Å². The van der Waals surface area contributed by atoms with Crippen molar-refractivity contribution in [2.75, 3.05) is 180 Å². The van der Waals surface area contributed by atoms with E-state index in [0.717, 1.165) is 106 Å². The van der Waals surface area contributed by atoms with Gasteiger partial charge in [0.2, 0.25) is 0 Å². The van der Waals surface area contributed by atoms with E-state index in [4.69, 9.17) is 37.9 Å². The number of ether oxygens (including phenoxy) is 8. The van der Waals surface area contributed by atoms with Gasteiger partial charge in [0.05, 0.1) is 52.9 Å². The minimum atomic E-state index is 0. The quantitative estimate of drug-likeness (QED) is 0.0451. The van der Waals surface area contributed by atoms with Crippen molar-refractivity contribution in [3.05, 3.63) is 0 Å². The van der Waals surface area contributed by atoms with Crippen LogP contribution in [-0.2, 0) is 69.0 Å². The summed E-state index contributed by atoms with van der Waals surface area (Å²) in [5, 5.41) is 0. The Morgan fingerprint density at radius 2 is 0.353 bits per heavy atom. The number of hydrogen-bond donors (Lipinski definition) is 0. The molecule has 0 unspecified atom stereocenters. The minimum absolute atomic E-state index is 0. The molecule has 15 heteroatoms. The van der Waals surface area contributed by atoms with Gasteiger partial charge in [0.15, 0.2) is 0 Å². The third-order valence-corrected chi connectivity index (χ3v) is 18.2. The molecule has 0 aliphatic heterocycles. The first-order chi connectivity index (χ1) is 23.6. The largest absolute Gasteiger partial charge is 2.00 e. The van der Waals surface area contributed by atoms with Gasteiger partial charge < -0.3 is 48.8 Å². The van der Waals surface area contributed by atoms with Crippen molar-refractivity contribution < 1.29 is 69.0 Å². The van der Waals surface area contributed by atoms with Crippen LogP contribution in [0.3, 0.4) is 0 Å². The molecule has 0 aliphatic rings. The summed E-state index contributed by atoms with van der Waals surface area (Å²) in [4.78, 5) is 0. The molecule has 0 amide bonds. The molecule has 0 bridgehead atoms. The van der Waals surface area contributed by atoms with Crippen molar-refractivity contribution >= 4 is 31.7 Å². The van der Waals surface area contributed by atoms with Crippen LogP contribution in [0.4, 0.5) is 0 Å². The third-order valence-electron chi connectivity index (χ3n) is 7.51. The zero-order valence-electron chi connectivity index (χ0n) is 34.0. The van der Waals surface area contributed by atoms with Gasteiger partial charge in [-0.3, -0.25) is 0 Å². The van der Waals surface area contributed by atoms with Crippen LogP contribution in [0.2, 0.25) is 0 Å². The van der Waals surface area contributed by atoms with E-state index in [1.54, 1.807) is 0 Å². The molecule has 0 spiro atoms. The molecule has 0 aromatic carbocycles. The average Bonchev–Trinajstić information content (AvgIpc) is 3.09. The molecule has 0 heterocycles. The molecule has 0 saturated heterocycles. The fourth-order valence-electron chi connectivity index (χ4n) is 4.61. The van der Waals surface area contributed by atoms with E-state index in [9.17, 15) is 0 Å². The molecular formula is C36H80O10P4Tc-4. The summed E-state index contributed by atoms with van der Waals surface area (Å²) in [6, 6.07) is 0. The second-order valence-corrected chi connectivity index (χ2v) is 21.7. The Kier molecular flexibility index (Phi) is 65.9. The Balaban J connectivity index is -0.000000261. The molecule has 0 aliphatic carbocycles. The van der Waals surface area contributed by atoms with Gasteiger partial charge in [-0.1, -0.05) is 0 Å². The first kappa shape index (κ1) is 62.2. The van der Waals surface area contributed by atoms with E-state index in [0.29, 0.717) is 0 Å². The van der Waals surface area contributed by atoms with Gasteiger partial charge in [-0.25, -0.2) is 0 Å². The molecule has 1 radical (unpaired) electrons. The maximum absolute atomic E-state index is 5.58. The maximum Gasteiger partial charge on any atom is 0.0505 e. The summed E-state index contributed by atoms with van der Waals surface area (Å²) in [5.41, 5.74) is 0. The smallest absolute Gasteiger partial charge is 0.0505 e. The van der Waals surface area contributed by atoms with E-state index in [1.807, 2.05) is 0 Å². The monoisotopic (exact) mass is 895 g/mol. The Labute approximate surface area is 334 Å². The van der Waals surface area contributed by atoms with Crippen LogP contribution in [-0.4, -0.2) is 180 Å². The van der Waals surface area contributed by atoms with Crippen molar-refractivity contribution in [3.8, 4) is 0 Å². The summed E-state index contributed by atoms with van der Waals surface area (Å²) in [7, 11) is 0.124. The van der Waals surface area contributed by atoms with E-state index >= 15 is 0 Å². The van der Waals surface area contributed by atoms with Crippen molar-refractivity contribution in [2.45, 2.75) is 55.4 Å². The first-order valence-electron chi connectivity index (χ1n) is 19.1. The number of hydrogen-bond acceptors (Lipinski definition) is 8. The Hall–Kier alpha value is 1.97. The van der Waals surface area contributed by atoms with Crippen molar-refractivity contribution in [1.29, 1.82) is 0 Å². The van der Waals surface area contributed by atoms with Crippen LogP contribution in [0, 0.1) is 0 Å². The average molecular weight is 896 g/mol.